The third-order valence-corrected chi connectivity index (χ3v) is 3.17. The van der Waals surface area contributed by atoms with Gasteiger partial charge in [0.2, 0.25) is 0 Å². The van der Waals surface area contributed by atoms with Crippen molar-refractivity contribution >= 4 is 11.6 Å². The molecule has 2 rings (SSSR count). The van der Waals surface area contributed by atoms with Crippen LogP contribution in [0.1, 0.15) is 22.8 Å². The number of halogens is 4. The van der Waals surface area contributed by atoms with Crippen molar-refractivity contribution in [3.63, 3.8) is 0 Å². The van der Waals surface area contributed by atoms with E-state index in [9.17, 15) is 18.3 Å². The van der Waals surface area contributed by atoms with E-state index in [0.29, 0.717) is 0 Å². The molecule has 0 aliphatic heterocycles. The van der Waals surface area contributed by atoms with Gasteiger partial charge in [-0.1, -0.05) is 11.6 Å². The minimum Gasteiger partial charge on any atom is -0.496 e. The largest absolute Gasteiger partial charge is 0.496 e. The summed E-state index contributed by atoms with van der Waals surface area (Å²) in [6.45, 7) is 0. The molecule has 1 N–H and O–H groups in total. The molecule has 0 fully saturated rings. The summed E-state index contributed by atoms with van der Waals surface area (Å²) in [7, 11) is 1.35. The smallest absolute Gasteiger partial charge is 0.416 e. The molecule has 0 aliphatic carbocycles. The highest BCUT2D eigenvalue weighted by atomic mass is 35.5. The Morgan fingerprint density at radius 1 is 1.24 bits per heavy atom. The first-order valence-electron chi connectivity index (χ1n) is 5.87. The Kier molecular flexibility index (Phi) is 4.39. The lowest BCUT2D eigenvalue weighted by molar-refractivity contribution is -0.139. The summed E-state index contributed by atoms with van der Waals surface area (Å²) >= 11 is 5.83. The average molecular weight is 318 g/mol. The lowest BCUT2D eigenvalue weighted by Gasteiger charge is -2.19. The van der Waals surface area contributed by atoms with Crippen LogP contribution < -0.4 is 4.74 Å². The SMILES string of the molecule is COc1ccc(Cl)cc1C(O)c1cnccc1C(F)(F)F. The van der Waals surface area contributed by atoms with Gasteiger partial charge < -0.3 is 9.84 Å². The molecule has 1 heterocycles. The molecule has 0 saturated heterocycles. The second-order valence-corrected chi connectivity index (χ2v) is 4.69. The molecule has 0 spiro atoms. The Balaban J connectivity index is 2.56. The van der Waals surface area contributed by atoms with Gasteiger partial charge in [-0.3, -0.25) is 4.98 Å². The maximum absolute atomic E-state index is 13.0. The van der Waals surface area contributed by atoms with Crippen LogP contribution in [-0.2, 0) is 6.18 Å². The van der Waals surface area contributed by atoms with Gasteiger partial charge in [-0.15, -0.1) is 0 Å². The van der Waals surface area contributed by atoms with E-state index in [1.165, 1.54) is 25.3 Å². The summed E-state index contributed by atoms with van der Waals surface area (Å²) in [5.74, 6) is 0.240. The number of pyridine rings is 1. The number of hydrogen-bond donors (Lipinski definition) is 1. The van der Waals surface area contributed by atoms with E-state index in [-0.39, 0.29) is 21.9 Å². The van der Waals surface area contributed by atoms with Crippen molar-refractivity contribution < 1.29 is 23.0 Å². The maximum Gasteiger partial charge on any atom is 0.416 e. The Hall–Kier alpha value is -1.79. The third kappa shape index (κ3) is 3.28. The van der Waals surface area contributed by atoms with Crippen molar-refractivity contribution in [2.75, 3.05) is 7.11 Å². The minimum absolute atomic E-state index is 0.142. The molecule has 112 valence electrons. The van der Waals surface area contributed by atoms with E-state index < -0.39 is 17.8 Å². The van der Waals surface area contributed by atoms with Crippen LogP contribution in [0.3, 0.4) is 0 Å². The van der Waals surface area contributed by atoms with E-state index >= 15 is 0 Å². The molecule has 1 aromatic heterocycles. The van der Waals surface area contributed by atoms with Gasteiger partial charge in [-0.2, -0.15) is 13.2 Å². The number of ether oxygens (including phenoxy) is 1. The average Bonchev–Trinajstić information content (AvgIpc) is 2.45. The van der Waals surface area contributed by atoms with Gasteiger partial charge in [0.1, 0.15) is 11.9 Å². The van der Waals surface area contributed by atoms with Gasteiger partial charge in [0.25, 0.3) is 0 Å². The van der Waals surface area contributed by atoms with Crippen molar-refractivity contribution in [3.8, 4) is 5.75 Å². The van der Waals surface area contributed by atoms with Gasteiger partial charge in [0.05, 0.1) is 12.7 Å². The number of aliphatic hydroxyl groups is 1. The fraction of sp³-hybridized carbons (Fsp3) is 0.214. The van der Waals surface area contributed by atoms with Gasteiger partial charge in [-0.25, -0.2) is 0 Å². The molecule has 7 heteroatoms. The Bertz CT molecular complexity index is 646. The maximum atomic E-state index is 13.0. The zero-order chi connectivity index (χ0) is 15.6. The second kappa shape index (κ2) is 5.91. The standard InChI is InChI=1S/C14H11ClF3NO2/c1-21-12-3-2-8(15)6-9(12)13(20)10-7-19-5-4-11(10)14(16,17)18/h2-7,13,20H,1H3. The zero-order valence-electron chi connectivity index (χ0n) is 10.9. The first-order valence-corrected chi connectivity index (χ1v) is 6.25. The molecule has 0 aliphatic rings. The highest BCUT2D eigenvalue weighted by Gasteiger charge is 2.35. The topological polar surface area (TPSA) is 42.4 Å². The number of aromatic nitrogens is 1. The number of benzene rings is 1. The number of rotatable bonds is 3. The monoisotopic (exact) mass is 317 g/mol. The van der Waals surface area contributed by atoms with Crippen molar-refractivity contribution in [3.05, 3.63) is 58.4 Å². The minimum atomic E-state index is -4.59. The molecule has 0 bridgehead atoms. The van der Waals surface area contributed by atoms with Crippen LogP contribution in [0.5, 0.6) is 5.75 Å². The number of methoxy groups -OCH3 is 1. The quantitative estimate of drug-likeness (QED) is 0.935. The second-order valence-electron chi connectivity index (χ2n) is 4.25. The van der Waals surface area contributed by atoms with Crippen LogP contribution in [0, 0.1) is 0 Å². The lowest BCUT2D eigenvalue weighted by Crippen LogP contribution is -2.13. The fourth-order valence-corrected chi connectivity index (χ4v) is 2.15. The molecule has 3 nitrogen and oxygen atoms in total. The molecule has 1 unspecified atom stereocenters. The van der Waals surface area contributed by atoms with Crippen LogP contribution in [0.4, 0.5) is 13.2 Å². The van der Waals surface area contributed by atoms with E-state index in [1.807, 2.05) is 0 Å². The Morgan fingerprint density at radius 2 is 1.95 bits per heavy atom. The molecule has 0 amide bonds. The van der Waals surface area contributed by atoms with Crippen molar-refractivity contribution in [2.24, 2.45) is 0 Å². The van der Waals surface area contributed by atoms with Crippen molar-refractivity contribution in [2.45, 2.75) is 12.3 Å². The van der Waals surface area contributed by atoms with Crippen LogP contribution in [-0.4, -0.2) is 17.2 Å². The van der Waals surface area contributed by atoms with Crippen LogP contribution in [0.25, 0.3) is 0 Å². The lowest BCUT2D eigenvalue weighted by atomic mass is 9.97. The molecule has 2 aromatic rings. The number of aliphatic hydroxyl groups excluding tert-OH is 1. The highest BCUT2D eigenvalue weighted by molar-refractivity contribution is 6.30. The Morgan fingerprint density at radius 3 is 2.57 bits per heavy atom. The third-order valence-electron chi connectivity index (χ3n) is 2.94. The van der Waals surface area contributed by atoms with Crippen molar-refractivity contribution in [1.82, 2.24) is 4.98 Å². The van der Waals surface area contributed by atoms with Gasteiger partial charge in [0, 0.05) is 28.5 Å². The van der Waals surface area contributed by atoms with Crippen LogP contribution >= 0.6 is 11.6 Å². The summed E-state index contributed by atoms with van der Waals surface area (Å²) in [5.41, 5.74) is -1.17. The van der Waals surface area contributed by atoms with Crippen molar-refractivity contribution in [1.29, 1.82) is 0 Å². The van der Waals surface area contributed by atoms with E-state index in [2.05, 4.69) is 4.98 Å². The predicted octanol–water partition coefficient (Wildman–Crippen LogP) is 3.84. The van der Waals surface area contributed by atoms with Gasteiger partial charge in [-0.05, 0) is 24.3 Å². The molecule has 1 atom stereocenters. The highest BCUT2D eigenvalue weighted by Crippen LogP contribution is 2.38. The normalized spacial score (nSPS) is 13.0. The van der Waals surface area contributed by atoms with Gasteiger partial charge in [0.15, 0.2) is 0 Å². The molecule has 21 heavy (non-hydrogen) atoms. The molecule has 0 radical (unpaired) electrons. The summed E-state index contributed by atoms with van der Waals surface area (Å²) in [4.78, 5) is 3.65. The van der Waals surface area contributed by atoms with Crippen LogP contribution in [0.15, 0.2) is 36.7 Å². The van der Waals surface area contributed by atoms with E-state index in [4.69, 9.17) is 16.3 Å². The number of hydrogen-bond acceptors (Lipinski definition) is 3. The molecule has 1 aromatic carbocycles. The number of nitrogens with zero attached hydrogens (tertiary/aromatic N) is 1. The first kappa shape index (κ1) is 15.6. The Labute approximate surface area is 124 Å². The van der Waals surface area contributed by atoms with Crippen LogP contribution in [0.2, 0.25) is 5.02 Å². The number of alkyl halides is 3. The molecular formula is C14H11ClF3NO2. The summed E-state index contributed by atoms with van der Waals surface area (Å²) in [5, 5.41) is 10.6. The molecular weight excluding hydrogens is 307 g/mol. The van der Waals surface area contributed by atoms with Gasteiger partial charge >= 0.3 is 6.18 Å². The summed E-state index contributed by atoms with van der Waals surface area (Å²) in [6, 6.07) is 5.17. The molecule has 0 saturated carbocycles. The summed E-state index contributed by atoms with van der Waals surface area (Å²) in [6.07, 6.45) is -4.14. The first-order chi connectivity index (χ1) is 9.84. The fourth-order valence-electron chi connectivity index (χ4n) is 1.97. The van der Waals surface area contributed by atoms with E-state index in [1.54, 1.807) is 0 Å². The van der Waals surface area contributed by atoms with E-state index in [0.717, 1.165) is 18.5 Å². The predicted molar refractivity (Wildman–Crippen MR) is 71.3 cm³/mol. The summed E-state index contributed by atoms with van der Waals surface area (Å²) < 4.78 is 44.0. The zero-order valence-corrected chi connectivity index (χ0v) is 11.6.